The molecule has 0 aromatic heterocycles. The van der Waals surface area contributed by atoms with E-state index >= 15 is 0 Å². The van der Waals surface area contributed by atoms with Crippen LogP contribution in [0.4, 0.5) is 18.9 Å². The molecule has 6 nitrogen and oxygen atoms in total. The van der Waals surface area contributed by atoms with Crippen LogP contribution in [0, 0.1) is 0 Å². The number of alkyl halides is 3. The number of rotatable bonds is 6. The maximum atomic E-state index is 12.9. The Hall–Kier alpha value is -2.75. The molecule has 0 amide bonds. The summed E-state index contributed by atoms with van der Waals surface area (Å²) in [5.41, 5.74) is 0.204. The lowest BCUT2D eigenvalue weighted by Gasteiger charge is -2.37. The van der Waals surface area contributed by atoms with Crippen LogP contribution < -0.4 is 14.2 Å². The Balaban J connectivity index is 1.76. The van der Waals surface area contributed by atoms with E-state index < -0.39 is 28.2 Å². The molecule has 10 heteroatoms. The number of nitrogens with one attached hydrogen (secondary N) is 1. The largest absolute Gasteiger partial charge is 0.495 e. The Morgan fingerprint density at radius 3 is 2.45 bits per heavy atom. The molecule has 2 aliphatic carbocycles. The summed E-state index contributed by atoms with van der Waals surface area (Å²) in [4.78, 5) is 12.5. The van der Waals surface area contributed by atoms with Crippen LogP contribution >= 0.6 is 0 Å². The number of halogens is 3. The molecule has 2 aromatic carbocycles. The van der Waals surface area contributed by atoms with Crippen molar-refractivity contribution >= 4 is 21.5 Å². The number of anilines is 1. The van der Waals surface area contributed by atoms with E-state index in [9.17, 15) is 26.4 Å². The number of carbonyl (C=O) groups is 1. The van der Waals surface area contributed by atoms with E-state index in [0.29, 0.717) is 24.0 Å². The Morgan fingerprint density at radius 1 is 1.13 bits per heavy atom. The van der Waals surface area contributed by atoms with Crippen molar-refractivity contribution in [2.75, 3.05) is 18.4 Å². The van der Waals surface area contributed by atoms with Crippen LogP contribution in [0.15, 0.2) is 41.3 Å². The standard InChI is InChI=1S/C21H20F3NO5S/c1-29-16-5-2-3-6-18(16)31(27,28)25-13-9-15-14(11-19(26)20(15)7-4-8-20)17(10-13)30-12-21(22,23)24/h2-3,5-6,9-10,25H,4,7-8,11-12H2,1H3. The topological polar surface area (TPSA) is 81.7 Å². The van der Waals surface area contributed by atoms with Gasteiger partial charge in [-0.25, -0.2) is 8.42 Å². The smallest absolute Gasteiger partial charge is 0.422 e. The number of fused-ring (bicyclic) bond motifs is 2. The lowest BCUT2D eigenvalue weighted by Crippen LogP contribution is -2.39. The van der Waals surface area contributed by atoms with Gasteiger partial charge in [0.05, 0.1) is 18.2 Å². The van der Waals surface area contributed by atoms with Gasteiger partial charge in [0.25, 0.3) is 10.0 Å². The van der Waals surface area contributed by atoms with Crippen molar-refractivity contribution in [1.29, 1.82) is 0 Å². The van der Waals surface area contributed by atoms with E-state index in [2.05, 4.69) is 4.72 Å². The third-order valence-corrected chi connectivity index (χ3v) is 7.23. The fourth-order valence-corrected chi connectivity index (χ4v) is 5.42. The number of ketones is 1. The molecule has 2 aliphatic rings. The first kappa shape index (κ1) is 21.5. The fourth-order valence-electron chi connectivity index (χ4n) is 4.21. The number of para-hydroxylation sites is 1. The molecular weight excluding hydrogens is 435 g/mol. The number of hydrogen-bond donors (Lipinski definition) is 1. The van der Waals surface area contributed by atoms with Crippen molar-refractivity contribution in [3.05, 3.63) is 47.5 Å². The highest BCUT2D eigenvalue weighted by molar-refractivity contribution is 7.92. The molecule has 0 saturated heterocycles. The number of Topliss-reactive ketones (excluding diaryl/α,β-unsaturated/α-hetero) is 1. The van der Waals surface area contributed by atoms with Crippen molar-refractivity contribution in [2.24, 2.45) is 0 Å². The molecule has 31 heavy (non-hydrogen) atoms. The summed E-state index contributed by atoms with van der Waals surface area (Å²) in [5.74, 6) is -0.0876. The van der Waals surface area contributed by atoms with Crippen LogP contribution in [0.2, 0.25) is 0 Å². The molecule has 0 heterocycles. The number of benzene rings is 2. The SMILES string of the molecule is COc1ccccc1S(=O)(=O)Nc1cc(OCC(F)(F)F)c2c(c1)C1(CCC1)C(=O)C2. The molecule has 2 aromatic rings. The van der Waals surface area contributed by atoms with Crippen LogP contribution in [0.3, 0.4) is 0 Å². The molecule has 0 radical (unpaired) electrons. The van der Waals surface area contributed by atoms with Gasteiger partial charge in [0.2, 0.25) is 0 Å². The van der Waals surface area contributed by atoms with Crippen molar-refractivity contribution in [3.63, 3.8) is 0 Å². The quantitative estimate of drug-likeness (QED) is 0.713. The summed E-state index contributed by atoms with van der Waals surface area (Å²) in [7, 11) is -2.78. The molecule has 1 N–H and O–H groups in total. The summed E-state index contributed by atoms with van der Waals surface area (Å²) >= 11 is 0. The van der Waals surface area contributed by atoms with Gasteiger partial charge in [-0.1, -0.05) is 18.6 Å². The summed E-state index contributed by atoms with van der Waals surface area (Å²) < 4.78 is 76.6. The van der Waals surface area contributed by atoms with Crippen LogP contribution in [0.5, 0.6) is 11.5 Å². The van der Waals surface area contributed by atoms with Gasteiger partial charge in [0.1, 0.15) is 22.2 Å². The second-order valence-corrected chi connectivity index (χ2v) is 9.35. The molecule has 1 spiro atoms. The van der Waals surface area contributed by atoms with Crippen molar-refractivity contribution in [3.8, 4) is 11.5 Å². The number of carbonyl (C=O) groups excluding carboxylic acids is 1. The normalized spacial score (nSPS) is 17.2. The van der Waals surface area contributed by atoms with Gasteiger partial charge in [-0.2, -0.15) is 13.2 Å². The van der Waals surface area contributed by atoms with Crippen molar-refractivity contribution < 1.29 is 35.9 Å². The average Bonchev–Trinajstić information content (AvgIpc) is 2.97. The maximum absolute atomic E-state index is 12.9. The Kier molecular flexibility index (Phi) is 5.15. The molecule has 166 valence electrons. The highest BCUT2D eigenvalue weighted by Crippen LogP contribution is 2.53. The van der Waals surface area contributed by atoms with E-state index in [1.165, 1.54) is 37.4 Å². The van der Waals surface area contributed by atoms with E-state index in [1.807, 2.05) is 0 Å². The van der Waals surface area contributed by atoms with E-state index in [4.69, 9.17) is 9.47 Å². The molecule has 1 saturated carbocycles. The van der Waals surface area contributed by atoms with Gasteiger partial charge < -0.3 is 9.47 Å². The summed E-state index contributed by atoms with van der Waals surface area (Å²) in [6.07, 6.45) is -2.61. The Bertz CT molecular complexity index is 1140. The van der Waals surface area contributed by atoms with Gasteiger partial charge in [-0.05, 0) is 36.6 Å². The van der Waals surface area contributed by atoms with E-state index in [0.717, 1.165) is 6.42 Å². The first-order valence-electron chi connectivity index (χ1n) is 9.62. The molecule has 0 unspecified atom stereocenters. The predicted molar refractivity (Wildman–Crippen MR) is 106 cm³/mol. The van der Waals surface area contributed by atoms with Gasteiger partial charge in [0, 0.05) is 18.1 Å². The molecular formula is C21H20F3NO5S. The number of ether oxygens (including phenoxy) is 2. The first-order valence-corrected chi connectivity index (χ1v) is 11.1. The van der Waals surface area contributed by atoms with Crippen LogP contribution in [0.25, 0.3) is 0 Å². The minimum absolute atomic E-state index is 0.0257. The van der Waals surface area contributed by atoms with Crippen molar-refractivity contribution in [1.82, 2.24) is 0 Å². The van der Waals surface area contributed by atoms with Crippen LogP contribution in [-0.2, 0) is 26.7 Å². The van der Waals surface area contributed by atoms with Gasteiger partial charge >= 0.3 is 6.18 Å². The zero-order chi connectivity index (χ0) is 22.4. The Morgan fingerprint density at radius 2 is 1.84 bits per heavy atom. The maximum Gasteiger partial charge on any atom is 0.422 e. The van der Waals surface area contributed by atoms with E-state index in [-0.39, 0.29) is 34.3 Å². The van der Waals surface area contributed by atoms with Crippen LogP contribution in [0.1, 0.15) is 30.4 Å². The first-order chi connectivity index (χ1) is 14.6. The fraction of sp³-hybridized carbons (Fsp3) is 0.381. The second-order valence-electron chi connectivity index (χ2n) is 7.70. The minimum Gasteiger partial charge on any atom is -0.495 e. The lowest BCUT2D eigenvalue weighted by atomic mass is 9.64. The monoisotopic (exact) mass is 455 g/mol. The van der Waals surface area contributed by atoms with Gasteiger partial charge in [-0.15, -0.1) is 0 Å². The lowest BCUT2D eigenvalue weighted by molar-refractivity contribution is -0.153. The zero-order valence-corrected chi connectivity index (χ0v) is 17.4. The summed E-state index contributed by atoms with van der Waals surface area (Å²) in [6.45, 7) is -1.54. The minimum atomic E-state index is -4.57. The number of methoxy groups -OCH3 is 1. The third kappa shape index (κ3) is 3.84. The van der Waals surface area contributed by atoms with Gasteiger partial charge in [-0.3, -0.25) is 9.52 Å². The second kappa shape index (κ2) is 7.44. The van der Waals surface area contributed by atoms with Crippen molar-refractivity contribution in [2.45, 2.75) is 42.2 Å². The number of hydrogen-bond acceptors (Lipinski definition) is 5. The van der Waals surface area contributed by atoms with E-state index in [1.54, 1.807) is 6.07 Å². The molecule has 1 fully saturated rings. The number of sulfonamides is 1. The highest BCUT2D eigenvalue weighted by atomic mass is 32.2. The average molecular weight is 455 g/mol. The van der Waals surface area contributed by atoms with Crippen LogP contribution in [-0.4, -0.2) is 34.1 Å². The molecule has 0 aliphatic heterocycles. The third-order valence-electron chi connectivity index (χ3n) is 5.80. The highest BCUT2D eigenvalue weighted by Gasteiger charge is 2.51. The van der Waals surface area contributed by atoms with Gasteiger partial charge in [0.15, 0.2) is 6.61 Å². The molecule has 4 rings (SSSR count). The molecule has 0 bridgehead atoms. The molecule has 0 atom stereocenters. The Labute approximate surface area is 177 Å². The summed E-state index contributed by atoms with van der Waals surface area (Å²) in [5, 5.41) is 0. The predicted octanol–water partition coefficient (Wildman–Crippen LogP) is 3.98. The summed E-state index contributed by atoms with van der Waals surface area (Å²) in [6, 6.07) is 8.71. The zero-order valence-electron chi connectivity index (χ0n) is 16.6.